The summed E-state index contributed by atoms with van der Waals surface area (Å²) in [6, 6.07) is 8.27. The molecule has 0 saturated heterocycles. The lowest BCUT2D eigenvalue weighted by atomic mass is 10.1. The Hall–Kier alpha value is -1.24. The van der Waals surface area contributed by atoms with Gasteiger partial charge >= 0.3 is 0 Å². The summed E-state index contributed by atoms with van der Waals surface area (Å²) in [6.45, 7) is 8.22. The van der Waals surface area contributed by atoms with Gasteiger partial charge in [0.15, 0.2) is 0 Å². The van der Waals surface area contributed by atoms with Crippen LogP contribution in [0.15, 0.2) is 36.4 Å². The van der Waals surface area contributed by atoms with E-state index in [2.05, 4.69) is 45.1 Å². The molecular weight excluding hydrogens is 184 g/mol. The minimum Gasteiger partial charge on any atom is -0.488 e. The van der Waals surface area contributed by atoms with Gasteiger partial charge in [-0.25, -0.2) is 0 Å². The third-order valence-corrected chi connectivity index (χ3v) is 1.91. The highest BCUT2D eigenvalue weighted by molar-refractivity contribution is 5.30. The van der Waals surface area contributed by atoms with Crippen molar-refractivity contribution in [3.8, 4) is 5.75 Å². The third-order valence-electron chi connectivity index (χ3n) is 1.91. The van der Waals surface area contributed by atoms with Gasteiger partial charge in [-0.2, -0.15) is 0 Å². The molecule has 0 saturated carbocycles. The lowest BCUT2D eigenvalue weighted by Gasteiger charge is -2.21. The molecule has 0 spiro atoms. The van der Waals surface area contributed by atoms with E-state index in [9.17, 15) is 0 Å². The Morgan fingerprint density at radius 2 is 2.00 bits per heavy atom. The Labute approximate surface area is 92.8 Å². The van der Waals surface area contributed by atoms with Gasteiger partial charge < -0.3 is 4.74 Å². The fourth-order valence-corrected chi connectivity index (χ4v) is 1.34. The second-order valence-corrected chi connectivity index (χ2v) is 4.63. The highest BCUT2D eigenvalue weighted by Gasteiger charge is 2.11. The van der Waals surface area contributed by atoms with Gasteiger partial charge in [0, 0.05) is 0 Å². The van der Waals surface area contributed by atoms with E-state index in [-0.39, 0.29) is 5.60 Å². The lowest BCUT2D eigenvalue weighted by molar-refractivity contribution is 0.131. The maximum atomic E-state index is 5.80. The summed E-state index contributed by atoms with van der Waals surface area (Å²) >= 11 is 0. The normalized spacial score (nSPS) is 12.0. The number of hydrogen-bond donors (Lipinski definition) is 0. The van der Waals surface area contributed by atoms with Crippen molar-refractivity contribution in [3.63, 3.8) is 0 Å². The Morgan fingerprint density at radius 1 is 1.27 bits per heavy atom. The highest BCUT2D eigenvalue weighted by atomic mass is 16.5. The first kappa shape index (κ1) is 11.8. The lowest BCUT2D eigenvalue weighted by Crippen LogP contribution is -2.22. The second kappa shape index (κ2) is 5.01. The molecule has 1 nitrogen and oxygen atoms in total. The van der Waals surface area contributed by atoms with Gasteiger partial charge in [-0.1, -0.05) is 24.3 Å². The fraction of sp³-hybridized carbons (Fsp3) is 0.429. The van der Waals surface area contributed by atoms with Gasteiger partial charge in [0.05, 0.1) is 0 Å². The van der Waals surface area contributed by atoms with Gasteiger partial charge in [-0.05, 0) is 51.8 Å². The van der Waals surface area contributed by atoms with Crippen molar-refractivity contribution in [1.82, 2.24) is 0 Å². The van der Waals surface area contributed by atoms with Crippen LogP contribution in [-0.2, 0) is 6.42 Å². The molecule has 1 heteroatoms. The van der Waals surface area contributed by atoms with Crippen LogP contribution in [0.4, 0.5) is 0 Å². The van der Waals surface area contributed by atoms with E-state index in [4.69, 9.17) is 4.74 Å². The van der Waals surface area contributed by atoms with Gasteiger partial charge in [-0.15, -0.1) is 0 Å². The van der Waals surface area contributed by atoms with Gasteiger partial charge in [0.1, 0.15) is 11.4 Å². The van der Waals surface area contributed by atoms with Crippen molar-refractivity contribution in [2.24, 2.45) is 0 Å². The van der Waals surface area contributed by atoms with Crippen molar-refractivity contribution in [2.45, 2.75) is 39.7 Å². The summed E-state index contributed by atoms with van der Waals surface area (Å²) in [5, 5.41) is 0. The average Bonchev–Trinajstić information content (AvgIpc) is 2.12. The fourth-order valence-electron chi connectivity index (χ4n) is 1.34. The zero-order chi connectivity index (χ0) is 11.3. The molecule has 0 atom stereocenters. The number of hydrogen-bond acceptors (Lipinski definition) is 1. The molecule has 82 valence electrons. The second-order valence-electron chi connectivity index (χ2n) is 4.63. The van der Waals surface area contributed by atoms with Crippen molar-refractivity contribution in [1.29, 1.82) is 0 Å². The van der Waals surface area contributed by atoms with E-state index >= 15 is 0 Å². The van der Waals surface area contributed by atoms with E-state index in [1.807, 2.05) is 19.1 Å². The first-order valence-corrected chi connectivity index (χ1v) is 5.40. The van der Waals surface area contributed by atoms with Crippen LogP contribution < -0.4 is 4.74 Å². The summed E-state index contributed by atoms with van der Waals surface area (Å²) in [7, 11) is 0. The zero-order valence-electron chi connectivity index (χ0n) is 10.1. The first-order valence-electron chi connectivity index (χ1n) is 5.40. The van der Waals surface area contributed by atoms with Gasteiger partial charge in [0.2, 0.25) is 0 Å². The van der Waals surface area contributed by atoms with E-state index in [1.54, 1.807) is 0 Å². The molecule has 0 fully saturated rings. The van der Waals surface area contributed by atoms with E-state index < -0.39 is 0 Å². The average molecular weight is 204 g/mol. The van der Waals surface area contributed by atoms with Crippen LogP contribution in [0, 0.1) is 0 Å². The molecule has 15 heavy (non-hydrogen) atoms. The smallest absolute Gasteiger partial charge is 0.120 e. The molecule has 0 aliphatic rings. The molecule has 0 aliphatic heterocycles. The topological polar surface area (TPSA) is 9.23 Å². The molecule has 1 aromatic carbocycles. The van der Waals surface area contributed by atoms with Crippen LogP contribution in [0.5, 0.6) is 5.75 Å². The molecule has 0 unspecified atom stereocenters. The predicted octanol–water partition coefficient (Wildman–Crippen LogP) is 3.98. The largest absolute Gasteiger partial charge is 0.488 e. The molecule has 0 radical (unpaired) electrons. The molecule has 0 aliphatic carbocycles. The highest BCUT2D eigenvalue weighted by Crippen LogP contribution is 2.19. The predicted molar refractivity (Wildman–Crippen MR) is 65.3 cm³/mol. The van der Waals surface area contributed by atoms with E-state index in [0.29, 0.717) is 0 Å². The summed E-state index contributed by atoms with van der Waals surface area (Å²) in [5.74, 6) is 0.949. The quantitative estimate of drug-likeness (QED) is 0.677. The SMILES string of the molecule is CC=CCc1cccc(OC(C)(C)C)c1. The third kappa shape index (κ3) is 4.68. The Morgan fingerprint density at radius 3 is 2.60 bits per heavy atom. The monoisotopic (exact) mass is 204 g/mol. The number of benzene rings is 1. The van der Waals surface area contributed by atoms with Crippen molar-refractivity contribution in [3.05, 3.63) is 42.0 Å². The van der Waals surface area contributed by atoms with Crippen LogP contribution in [0.1, 0.15) is 33.3 Å². The van der Waals surface area contributed by atoms with Gasteiger partial charge in [-0.3, -0.25) is 0 Å². The standard InChI is InChI=1S/C14H20O/c1-5-6-8-12-9-7-10-13(11-12)15-14(2,3)4/h5-7,9-11H,8H2,1-4H3. The van der Waals surface area contributed by atoms with Crippen molar-refractivity contribution in [2.75, 3.05) is 0 Å². The van der Waals surface area contributed by atoms with E-state index in [0.717, 1.165) is 12.2 Å². The number of rotatable bonds is 3. The molecule has 1 rings (SSSR count). The molecule has 0 N–H and O–H groups in total. The minimum absolute atomic E-state index is 0.126. The minimum atomic E-state index is -0.126. The summed E-state index contributed by atoms with van der Waals surface area (Å²) in [4.78, 5) is 0. The van der Waals surface area contributed by atoms with Crippen LogP contribution in [0.3, 0.4) is 0 Å². The van der Waals surface area contributed by atoms with Crippen LogP contribution in [0.2, 0.25) is 0 Å². The molecular formula is C14H20O. The number of allylic oxidation sites excluding steroid dienone is 2. The Bertz CT molecular complexity index is 331. The van der Waals surface area contributed by atoms with Crippen LogP contribution in [0.25, 0.3) is 0 Å². The maximum Gasteiger partial charge on any atom is 0.120 e. The molecule has 1 aromatic rings. The molecule has 0 aromatic heterocycles. The number of ether oxygens (including phenoxy) is 1. The van der Waals surface area contributed by atoms with Crippen LogP contribution in [-0.4, -0.2) is 5.60 Å². The van der Waals surface area contributed by atoms with Gasteiger partial charge in [0.25, 0.3) is 0 Å². The van der Waals surface area contributed by atoms with Crippen LogP contribution >= 0.6 is 0 Å². The summed E-state index contributed by atoms with van der Waals surface area (Å²) in [6.07, 6.45) is 5.19. The van der Waals surface area contributed by atoms with E-state index in [1.165, 1.54) is 5.56 Å². The Balaban J connectivity index is 2.74. The summed E-state index contributed by atoms with van der Waals surface area (Å²) < 4.78 is 5.80. The molecule has 0 amide bonds. The maximum absolute atomic E-state index is 5.80. The van der Waals surface area contributed by atoms with Crippen molar-refractivity contribution < 1.29 is 4.74 Å². The molecule has 0 heterocycles. The first-order chi connectivity index (χ1) is 7.01. The molecule has 0 bridgehead atoms. The Kier molecular flexibility index (Phi) is 3.96. The van der Waals surface area contributed by atoms with Crippen molar-refractivity contribution >= 4 is 0 Å². The zero-order valence-corrected chi connectivity index (χ0v) is 10.1. The summed E-state index contributed by atoms with van der Waals surface area (Å²) in [5.41, 5.74) is 1.16.